The smallest absolute Gasteiger partial charge is 0.0422 e. The lowest BCUT2D eigenvalue weighted by molar-refractivity contribution is 0.660. The van der Waals surface area contributed by atoms with Crippen LogP contribution in [-0.2, 0) is 10.8 Å². The quantitative estimate of drug-likeness (QED) is 0.249. The summed E-state index contributed by atoms with van der Waals surface area (Å²) >= 11 is 0. The third-order valence-electron chi connectivity index (χ3n) is 9.44. The summed E-state index contributed by atoms with van der Waals surface area (Å²) in [5.74, 6) is 0.412. The molecule has 0 fully saturated rings. The summed E-state index contributed by atoms with van der Waals surface area (Å²) in [5, 5.41) is 3.88. The van der Waals surface area contributed by atoms with E-state index >= 15 is 0 Å². The molecule has 198 valence electrons. The molecule has 0 radical (unpaired) electrons. The predicted octanol–water partition coefficient (Wildman–Crippen LogP) is 10.8. The maximum absolute atomic E-state index is 3.88. The van der Waals surface area contributed by atoms with Crippen LogP contribution in [0.15, 0.2) is 103 Å². The van der Waals surface area contributed by atoms with Gasteiger partial charge < -0.3 is 5.32 Å². The maximum atomic E-state index is 3.88. The van der Waals surface area contributed by atoms with E-state index < -0.39 is 0 Å². The third kappa shape index (κ3) is 3.60. The molecule has 0 aliphatic heterocycles. The van der Waals surface area contributed by atoms with Gasteiger partial charge in [-0.2, -0.15) is 0 Å². The highest BCUT2D eigenvalue weighted by Gasteiger charge is 2.37. The fraction of sp³-hybridized carbons (Fsp3) is 0.231. The van der Waals surface area contributed by atoms with Gasteiger partial charge in [0, 0.05) is 22.2 Å². The topological polar surface area (TPSA) is 12.0 Å². The number of hydrogen-bond donors (Lipinski definition) is 1. The van der Waals surface area contributed by atoms with Crippen molar-refractivity contribution in [3.05, 3.63) is 131 Å². The van der Waals surface area contributed by atoms with Gasteiger partial charge in [-0.15, -0.1) is 0 Å². The van der Waals surface area contributed by atoms with Crippen LogP contribution >= 0.6 is 0 Å². The van der Waals surface area contributed by atoms with E-state index in [2.05, 4.69) is 150 Å². The molecule has 40 heavy (non-hydrogen) atoms. The molecule has 5 aromatic rings. The van der Waals surface area contributed by atoms with Crippen LogP contribution in [0.3, 0.4) is 0 Å². The van der Waals surface area contributed by atoms with Gasteiger partial charge in [-0.05, 0) is 97.4 Å². The SMILES string of the molecule is CC(C)c1cc2c(cc1Nc1ccc3c(c1)C(C)(C)c1cc(-c4ccccc4)ccc1-3)C(C)(C)c1ccccc1-2. The van der Waals surface area contributed by atoms with Crippen molar-refractivity contribution >= 4 is 11.4 Å². The van der Waals surface area contributed by atoms with Crippen molar-refractivity contribution in [1.29, 1.82) is 0 Å². The zero-order chi connectivity index (χ0) is 27.8. The Labute approximate surface area is 238 Å². The van der Waals surface area contributed by atoms with Crippen molar-refractivity contribution in [2.24, 2.45) is 0 Å². The fourth-order valence-electron chi connectivity index (χ4n) is 7.13. The minimum Gasteiger partial charge on any atom is -0.355 e. The van der Waals surface area contributed by atoms with Crippen molar-refractivity contribution < 1.29 is 0 Å². The average molecular weight is 520 g/mol. The monoisotopic (exact) mass is 519 g/mol. The molecule has 0 spiro atoms. The second-order valence-corrected chi connectivity index (χ2v) is 12.9. The number of fused-ring (bicyclic) bond motifs is 6. The van der Waals surface area contributed by atoms with Crippen LogP contribution in [0.1, 0.15) is 75.3 Å². The van der Waals surface area contributed by atoms with Crippen molar-refractivity contribution in [3.8, 4) is 33.4 Å². The largest absolute Gasteiger partial charge is 0.355 e. The summed E-state index contributed by atoms with van der Waals surface area (Å²) in [4.78, 5) is 0. The van der Waals surface area contributed by atoms with E-state index in [1.54, 1.807) is 0 Å². The summed E-state index contributed by atoms with van der Waals surface area (Å²) in [6, 6.07) is 38.4. The summed E-state index contributed by atoms with van der Waals surface area (Å²) in [6.07, 6.45) is 0. The minimum absolute atomic E-state index is 0.0180. The molecule has 0 unspecified atom stereocenters. The summed E-state index contributed by atoms with van der Waals surface area (Å²) in [6.45, 7) is 14.0. The maximum Gasteiger partial charge on any atom is 0.0422 e. The first-order chi connectivity index (χ1) is 19.2. The van der Waals surface area contributed by atoms with Crippen molar-refractivity contribution in [2.45, 2.75) is 58.3 Å². The van der Waals surface area contributed by atoms with E-state index in [1.165, 1.54) is 66.9 Å². The highest BCUT2D eigenvalue weighted by molar-refractivity contribution is 5.87. The van der Waals surface area contributed by atoms with E-state index in [9.17, 15) is 0 Å². The van der Waals surface area contributed by atoms with E-state index in [4.69, 9.17) is 0 Å². The lowest BCUT2D eigenvalue weighted by Gasteiger charge is -2.25. The number of anilines is 2. The van der Waals surface area contributed by atoms with Gasteiger partial charge in [0.1, 0.15) is 0 Å². The minimum atomic E-state index is -0.0738. The first-order valence-electron chi connectivity index (χ1n) is 14.6. The van der Waals surface area contributed by atoms with Gasteiger partial charge in [0.15, 0.2) is 0 Å². The molecule has 1 heteroatoms. The fourth-order valence-corrected chi connectivity index (χ4v) is 7.13. The highest BCUT2D eigenvalue weighted by Crippen LogP contribution is 2.52. The first kappa shape index (κ1) is 24.9. The van der Waals surface area contributed by atoms with Gasteiger partial charge in [-0.25, -0.2) is 0 Å². The Bertz CT molecular complexity index is 1790. The molecule has 5 aromatic carbocycles. The Morgan fingerprint density at radius 2 is 1.10 bits per heavy atom. The molecule has 2 aliphatic carbocycles. The van der Waals surface area contributed by atoms with Crippen molar-refractivity contribution in [1.82, 2.24) is 0 Å². The second kappa shape index (κ2) is 8.70. The van der Waals surface area contributed by atoms with Crippen LogP contribution in [0.2, 0.25) is 0 Å². The Morgan fingerprint density at radius 1 is 0.500 bits per heavy atom. The van der Waals surface area contributed by atoms with Crippen molar-refractivity contribution in [2.75, 3.05) is 5.32 Å². The molecule has 0 saturated heterocycles. The van der Waals surface area contributed by atoms with Gasteiger partial charge in [0.25, 0.3) is 0 Å². The standard InChI is InChI=1S/C39H37N/c1-24(2)31-22-32-28-14-10-11-15-33(28)38(3,4)36(32)23-37(31)40-27-17-19-30-29-18-16-26(25-12-8-7-9-13-25)20-34(29)39(5,6)35(30)21-27/h7-24,40H,1-6H3. The van der Waals surface area contributed by atoms with Crippen molar-refractivity contribution in [3.63, 3.8) is 0 Å². The zero-order valence-electron chi connectivity index (χ0n) is 24.4. The summed E-state index contributed by atoms with van der Waals surface area (Å²) in [5.41, 5.74) is 17.3. The molecule has 0 atom stereocenters. The molecule has 0 amide bonds. The van der Waals surface area contributed by atoms with Crippen LogP contribution < -0.4 is 5.32 Å². The van der Waals surface area contributed by atoms with Crippen LogP contribution in [0.5, 0.6) is 0 Å². The summed E-state index contributed by atoms with van der Waals surface area (Å²) < 4.78 is 0. The first-order valence-corrected chi connectivity index (χ1v) is 14.6. The van der Waals surface area contributed by atoms with Crippen LogP contribution in [0.4, 0.5) is 11.4 Å². The van der Waals surface area contributed by atoms with Gasteiger partial charge in [0.2, 0.25) is 0 Å². The highest BCUT2D eigenvalue weighted by atomic mass is 14.9. The van der Waals surface area contributed by atoms with Gasteiger partial charge in [-0.3, -0.25) is 0 Å². The van der Waals surface area contributed by atoms with E-state index in [0.29, 0.717) is 5.92 Å². The van der Waals surface area contributed by atoms with Crippen LogP contribution in [0, 0.1) is 0 Å². The number of benzene rings is 5. The zero-order valence-corrected chi connectivity index (χ0v) is 24.4. The molecule has 0 saturated carbocycles. The Morgan fingerprint density at radius 3 is 1.85 bits per heavy atom. The Balaban J connectivity index is 1.29. The number of nitrogens with one attached hydrogen (secondary N) is 1. The Hall–Kier alpha value is -4.10. The molecule has 7 rings (SSSR count). The van der Waals surface area contributed by atoms with E-state index in [-0.39, 0.29) is 10.8 Å². The molecule has 1 nitrogen and oxygen atoms in total. The molecule has 1 N–H and O–H groups in total. The molecule has 2 aliphatic rings. The van der Waals surface area contributed by atoms with E-state index in [0.717, 1.165) is 5.69 Å². The van der Waals surface area contributed by atoms with Crippen LogP contribution in [-0.4, -0.2) is 0 Å². The van der Waals surface area contributed by atoms with Crippen LogP contribution in [0.25, 0.3) is 33.4 Å². The lowest BCUT2D eigenvalue weighted by Crippen LogP contribution is -2.16. The average Bonchev–Trinajstić information content (AvgIpc) is 3.32. The van der Waals surface area contributed by atoms with Gasteiger partial charge in [0.05, 0.1) is 0 Å². The number of rotatable bonds is 4. The molecule has 0 heterocycles. The molecular weight excluding hydrogens is 482 g/mol. The normalized spacial score (nSPS) is 15.4. The molecular formula is C39H37N. The Kier molecular flexibility index (Phi) is 5.42. The van der Waals surface area contributed by atoms with Gasteiger partial charge in [-0.1, -0.05) is 114 Å². The lowest BCUT2D eigenvalue weighted by atomic mass is 9.81. The number of hydrogen-bond acceptors (Lipinski definition) is 1. The summed E-state index contributed by atoms with van der Waals surface area (Å²) in [7, 11) is 0. The molecule has 0 bridgehead atoms. The van der Waals surface area contributed by atoms with Gasteiger partial charge >= 0.3 is 0 Å². The van der Waals surface area contributed by atoms with E-state index in [1.807, 2.05) is 0 Å². The second-order valence-electron chi connectivity index (χ2n) is 12.9. The third-order valence-corrected chi connectivity index (χ3v) is 9.44. The molecule has 0 aromatic heterocycles. The predicted molar refractivity (Wildman–Crippen MR) is 171 cm³/mol.